The van der Waals surface area contributed by atoms with Crippen LogP contribution in [0, 0.1) is 11.6 Å². The molecule has 3 amide bonds. The van der Waals surface area contributed by atoms with Crippen LogP contribution in [0.5, 0.6) is 0 Å². The zero-order valence-electron chi connectivity index (χ0n) is 13.3. The molecule has 1 aliphatic rings. The van der Waals surface area contributed by atoms with E-state index in [1.807, 2.05) is 0 Å². The van der Waals surface area contributed by atoms with Gasteiger partial charge in [-0.2, -0.15) is 0 Å². The van der Waals surface area contributed by atoms with Gasteiger partial charge in [0, 0.05) is 0 Å². The molecule has 0 aliphatic carbocycles. The van der Waals surface area contributed by atoms with E-state index in [1.165, 1.54) is 49.4 Å². The number of hydrogen-bond acceptors (Lipinski definition) is 3. The maximum absolute atomic E-state index is 13.7. The Kier molecular flexibility index (Phi) is 4.08. The average molecular weight is 344 g/mol. The van der Waals surface area contributed by atoms with Crippen LogP contribution < -0.4 is 5.32 Å². The number of carbonyl (C=O) groups is 3. The highest BCUT2D eigenvalue weighted by atomic mass is 19.1. The first-order valence-corrected chi connectivity index (χ1v) is 7.51. The Morgan fingerprint density at radius 3 is 2.36 bits per heavy atom. The second kappa shape index (κ2) is 6.08. The van der Waals surface area contributed by atoms with E-state index in [2.05, 4.69) is 5.32 Å². The number of Topliss-reactive ketones (excluding diaryl/α,β-unsaturated/α-hetero) is 1. The van der Waals surface area contributed by atoms with E-state index >= 15 is 0 Å². The smallest absolute Gasteiger partial charge is 0.319 e. The summed E-state index contributed by atoms with van der Waals surface area (Å²) in [5, 5.41) is 2.51. The number of imide groups is 1. The number of urea groups is 1. The summed E-state index contributed by atoms with van der Waals surface area (Å²) in [6.07, 6.45) is 0. The van der Waals surface area contributed by atoms with Gasteiger partial charge in [0.2, 0.25) is 0 Å². The molecule has 1 heterocycles. The van der Waals surface area contributed by atoms with Gasteiger partial charge in [-0.1, -0.05) is 24.3 Å². The minimum Gasteiger partial charge on any atom is -0.319 e. The van der Waals surface area contributed by atoms with E-state index in [-0.39, 0.29) is 5.56 Å². The Balaban J connectivity index is 1.85. The first-order chi connectivity index (χ1) is 11.8. The molecule has 1 aliphatic heterocycles. The summed E-state index contributed by atoms with van der Waals surface area (Å²) in [4.78, 5) is 37.8. The van der Waals surface area contributed by atoms with Crippen LogP contribution in [0.25, 0.3) is 0 Å². The highest BCUT2D eigenvalue weighted by Crippen LogP contribution is 2.29. The van der Waals surface area contributed by atoms with Crippen LogP contribution in [-0.4, -0.2) is 29.2 Å². The highest BCUT2D eigenvalue weighted by molar-refractivity contribution is 6.11. The number of benzene rings is 2. The van der Waals surface area contributed by atoms with E-state index in [4.69, 9.17) is 0 Å². The molecule has 0 unspecified atom stereocenters. The van der Waals surface area contributed by atoms with E-state index < -0.39 is 41.4 Å². The lowest BCUT2D eigenvalue weighted by atomic mass is 9.92. The van der Waals surface area contributed by atoms with E-state index in [1.54, 1.807) is 0 Å². The van der Waals surface area contributed by atoms with Crippen LogP contribution in [0.15, 0.2) is 48.5 Å². The van der Waals surface area contributed by atoms with Crippen molar-refractivity contribution in [2.24, 2.45) is 0 Å². The molecule has 5 nitrogen and oxygen atoms in total. The van der Waals surface area contributed by atoms with Crippen molar-refractivity contribution in [1.29, 1.82) is 0 Å². The van der Waals surface area contributed by atoms with Crippen molar-refractivity contribution >= 4 is 17.7 Å². The lowest BCUT2D eigenvalue weighted by molar-refractivity contribution is -0.130. The van der Waals surface area contributed by atoms with Crippen LogP contribution in [0.4, 0.5) is 13.6 Å². The predicted octanol–water partition coefficient (Wildman–Crippen LogP) is 2.61. The third-order valence-corrected chi connectivity index (χ3v) is 4.17. The maximum atomic E-state index is 13.7. The third-order valence-electron chi connectivity index (χ3n) is 4.17. The number of halogens is 2. The summed E-state index contributed by atoms with van der Waals surface area (Å²) in [5.41, 5.74) is -1.23. The third kappa shape index (κ3) is 2.88. The van der Waals surface area contributed by atoms with Gasteiger partial charge in [-0.15, -0.1) is 0 Å². The lowest BCUT2D eigenvalue weighted by Crippen LogP contribution is -2.41. The van der Waals surface area contributed by atoms with Crippen LogP contribution in [0.3, 0.4) is 0 Å². The Hall–Kier alpha value is -3.09. The molecule has 1 N–H and O–H groups in total. The van der Waals surface area contributed by atoms with Gasteiger partial charge in [-0.25, -0.2) is 13.6 Å². The van der Waals surface area contributed by atoms with Crippen molar-refractivity contribution in [2.45, 2.75) is 12.5 Å². The SMILES string of the molecule is C[C@@]1(c2ccc(F)cc2)NC(=O)N(CC(=O)c2ccccc2F)C1=O. The van der Waals surface area contributed by atoms with Crippen LogP contribution in [-0.2, 0) is 10.3 Å². The van der Waals surface area contributed by atoms with Gasteiger partial charge < -0.3 is 5.32 Å². The van der Waals surface area contributed by atoms with Crippen LogP contribution in [0.1, 0.15) is 22.8 Å². The van der Waals surface area contributed by atoms with Crippen molar-refractivity contribution in [3.05, 3.63) is 71.3 Å². The minimum absolute atomic E-state index is 0.196. The number of nitrogens with one attached hydrogen (secondary N) is 1. The number of ketones is 1. The van der Waals surface area contributed by atoms with Gasteiger partial charge in [0.25, 0.3) is 5.91 Å². The Bertz CT molecular complexity index is 867. The fourth-order valence-corrected chi connectivity index (χ4v) is 2.74. The van der Waals surface area contributed by atoms with Crippen LogP contribution >= 0.6 is 0 Å². The molecule has 3 rings (SSSR count). The molecule has 7 heteroatoms. The Labute approximate surface area is 142 Å². The molecule has 128 valence electrons. The van der Waals surface area contributed by atoms with Crippen molar-refractivity contribution in [3.8, 4) is 0 Å². The lowest BCUT2D eigenvalue weighted by Gasteiger charge is -2.22. The molecule has 1 saturated heterocycles. The number of rotatable bonds is 4. The monoisotopic (exact) mass is 344 g/mol. The summed E-state index contributed by atoms with van der Waals surface area (Å²) < 4.78 is 26.8. The zero-order valence-corrected chi connectivity index (χ0v) is 13.3. The van der Waals surface area contributed by atoms with Gasteiger partial charge in [0.1, 0.15) is 17.2 Å². The number of nitrogens with zero attached hydrogens (tertiary/aromatic N) is 1. The van der Waals surface area contributed by atoms with E-state index in [0.29, 0.717) is 5.56 Å². The van der Waals surface area contributed by atoms with Gasteiger partial charge in [-0.05, 0) is 36.8 Å². The quantitative estimate of drug-likeness (QED) is 0.685. The molecule has 1 fully saturated rings. The summed E-state index contributed by atoms with van der Waals surface area (Å²) >= 11 is 0. The first kappa shape index (κ1) is 16.8. The number of carbonyl (C=O) groups excluding carboxylic acids is 3. The van der Waals surface area contributed by atoms with Crippen molar-refractivity contribution in [2.75, 3.05) is 6.54 Å². The average Bonchev–Trinajstić information content (AvgIpc) is 2.80. The fourth-order valence-electron chi connectivity index (χ4n) is 2.74. The molecule has 2 aromatic carbocycles. The standard InChI is InChI=1S/C18H14F2N2O3/c1-18(11-6-8-12(19)9-7-11)16(24)22(17(25)21-18)10-15(23)13-4-2-3-5-14(13)20/h2-9H,10H2,1H3,(H,21,25)/t18-/m0/s1. The summed E-state index contributed by atoms with van der Waals surface area (Å²) in [7, 11) is 0. The fraction of sp³-hybridized carbons (Fsp3) is 0.167. The largest absolute Gasteiger partial charge is 0.325 e. The molecule has 0 spiro atoms. The van der Waals surface area contributed by atoms with Crippen molar-refractivity contribution in [3.63, 3.8) is 0 Å². The van der Waals surface area contributed by atoms with Gasteiger partial charge in [-0.3, -0.25) is 14.5 Å². The Morgan fingerprint density at radius 1 is 1.08 bits per heavy atom. The molecule has 0 aromatic heterocycles. The summed E-state index contributed by atoms with van der Waals surface area (Å²) in [6.45, 7) is 0.885. The van der Waals surface area contributed by atoms with Gasteiger partial charge >= 0.3 is 6.03 Å². The predicted molar refractivity (Wildman–Crippen MR) is 84.7 cm³/mol. The zero-order chi connectivity index (χ0) is 18.2. The second-order valence-corrected chi connectivity index (χ2v) is 5.86. The van der Waals surface area contributed by atoms with Crippen LogP contribution in [0.2, 0.25) is 0 Å². The van der Waals surface area contributed by atoms with E-state index in [0.717, 1.165) is 11.0 Å². The topological polar surface area (TPSA) is 66.5 Å². The molecule has 1 atom stereocenters. The molecular weight excluding hydrogens is 330 g/mol. The van der Waals surface area contributed by atoms with Gasteiger partial charge in [0.05, 0.1) is 12.1 Å². The second-order valence-electron chi connectivity index (χ2n) is 5.86. The van der Waals surface area contributed by atoms with E-state index in [9.17, 15) is 23.2 Å². The first-order valence-electron chi connectivity index (χ1n) is 7.51. The summed E-state index contributed by atoms with van der Waals surface area (Å²) in [5.74, 6) is -2.55. The number of amides is 3. The molecular formula is C18H14F2N2O3. The maximum Gasteiger partial charge on any atom is 0.325 e. The molecule has 25 heavy (non-hydrogen) atoms. The Morgan fingerprint density at radius 2 is 1.72 bits per heavy atom. The van der Waals surface area contributed by atoms with Crippen molar-refractivity contribution < 1.29 is 23.2 Å². The van der Waals surface area contributed by atoms with Gasteiger partial charge in [0.15, 0.2) is 5.78 Å². The molecule has 2 aromatic rings. The summed E-state index contributed by atoms with van der Waals surface area (Å²) in [6, 6.07) is 9.69. The minimum atomic E-state index is -1.42. The normalized spacial score (nSPS) is 19.9. The molecule has 0 bridgehead atoms. The molecule has 0 radical (unpaired) electrons. The molecule has 0 saturated carbocycles. The number of hydrogen-bond donors (Lipinski definition) is 1. The van der Waals surface area contributed by atoms with Crippen molar-refractivity contribution in [1.82, 2.24) is 10.2 Å². The highest BCUT2D eigenvalue weighted by Gasteiger charge is 2.49.